The van der Waals surface area contributed by atoms with Gasteiger partial charge < -0.3 is 9.32 Å². The van der Waals surface area contributed by atoms with Gasteiger partial charge >= 0.3 is 0 Å². The highest BCUT2D eigenvalue weighted by molar-refractivity contribution is 5.86. The summed E-state index contributed by atoms with van der Waals surface area (Å²) in [5.74, 6) is 0.574. The molecule has 1 aliphatic carbocycles. The Morgan fingerprint density at radius 1 is 1.41 bits per heavy atom. The van der Waals surface area contributed by atoms with Crippen LogP contribution >= 0.6 is 0 Å². The number of fused-ring (bicyclic) bond motifs is 1. The number of amides is 1. The van der Waals surface area contributed by atoms with E-state index in [9.17, 15) is 4.79 Å². The van der Waals surface area contributed by atoms with Crippen molar-refractivity contribution in [2.24, 2.45) is 0 Å². The fourth-order valence-electron chi connectivity index (χ4n) is 3.13. The molecule has 0 unspecified atom stereocenters. The van der Waals surface area contributed by atoms with Crippen LogP contribution in [0.2, 0.25) is 0 Å². The number of carbonyl (C=O) groups excluding carboxylic acids is 1. The summed E-state index contributed by atoms with van der Waals surface area (Å²) in [6, 6.07) is 4.35. The number of rotatable bonds is 5. The SMILES string of the molecule is C=CC(=O)N(Cc1cnco1)Cc1ccc2c(c1C)CCC2. The summed E-state index contributed by atoms with van der Waals surface area (Å²) in [6.07, 6.45) is 7.91. The molecular formula is C18H20N2O2. The average molecular weight is 296 g/mol. The third kappa shape index (κ3) is 2.82. The van der Waals surface area contributed by atoms with Gasteiger partial charge in [-0.1, -0.05) is 18.7 Å². The highest BCUT2D eigenvalue weighted by Crippen LogP contribution is 2.28. The molecule has 0 radical (unpaired) electrons. The highest BCUT2D eigenvalue weighted by Gasteiger charge is 2.19. The van der Waals surface area contributed by atoms with E-state index in [1.54, 1.807) is 11.1 Å². The molecule has 0 aliphatic heterocycles. The molecule has 0 spiro atoms. The van der Waals surface area contributed by atoms with Crippen molar-refractivity contribution in [1.29, 1.82) is 0 Å². The van der Waals surface area contributed by atoms with Crippen molar-refractivity contribution in [3.05, 3.63) is 65.4 Å². The minimum absolute atomic E-state index is 0.101. The Bertz CT molecular complexity index is 689. The topological polar surface area (TPSA) is 46.3 Å². The van der Waals surface area contributed by atoms with Crippen LogP contribution in [0.25, 0.3) is 0 Å². The maximum absolute atomic E-state index is 12.1. The van der Waals surface area contributed by atoms with Gasteiger partial charge in [0.2, 0.25) is 5.91 Å². The summed E-state index contributed by atoms with van der Waals surface area (Å²) >= 11 is 0. The monoisotopic (exact) mass is 296 g/mol. The number of oxazole rings is 1. The fraction of sp³-hybridized carbons (Fsp3) is 0.333. The Balaban J connectivity index is 1.84. The van der Waals surface area contributed by atoms with Crippen LogP contribution in [0, 0.1) is 6.92 Å². The van der Waals surface area contributed by atoms with Gasteiger partial charge in [0.1, 0.15) is 5.76 Å². The Labute approximate surface area is 130 Å². The maximum Gasteiger partial charge on any atom is 0.246 e. The summed E-state index contributed by atoms with van der Waals surface area (Å²) in [6.45, 7) is 6.72. The van der Waals surface area contributed by atoms with Crippen LogP contribution in [0.15, 0.2) is 41.8 Å². The molecule has 0 saturated heterocycles. The van der Waals surface area contributed by atoms with E-state index in [-0.39, 0.29) is 5.91 Å². The van der Waals surface area contributed by atoms with E-state index >= 15 is 0 Å². The zero-order valence-electron chi connectivity index (χ0n) is 12.8. The molecule has 22 heavy (non-hydrogen) atoms. The lowest BCUT2D eigenvalue weighted by molar-refractivity contribution is -0.127. The lowest BCUT2D eigenvalue weighted by Gasteiger charge is -2.22. The lowest BCUT2D eigenvalue weighted by atomic mass is 9.98. The summed E-state index contributed by atoms with van der Waals surface area (Å²) in [5.41, 5.74) is 5.42. The van der Waals surface area contributed by atoms with E-state index < -0.39 is 0 Å². The van der Waals surface area contributed by atoms with Crippen LogP contribution in [0.3, 0.4) is 0 Å². The molecule has 114 valence electrons. The predicted molar refractivity (Wildman–Crippen MR) is 84.2 cm³/mol. The van der Waals surface area contributed by atoms with E-state index in [0.29, 0.717) is 18.8 Å². The second kappa shape index (κ2) is 6.18. The van der Waals surface area contributed by atoms with Gasteiger partial charge in [0.25, 0.3) is 0 Å². The first-order valence-electron chi connectivity index (χ1n) is 7.58. The third-order valence-corrected chi connectivity index (χ3v) is 4.36. The summed E-state index contributed by atoms with van der Waals surface area (Å²) in [5, 5.41) is 0. The van der Waals surface area contributed by atoms with Crippen molar-refractivity contribution in [1.82, 2.24) is 9.88 Å². The third-order valence-electron chi connectivity index (χ3n) is 4.36. The standard InChI is InChI=1S/C18H20N2O2/c1-3-18(21)20(11-16-9-19-12-22-16)10-15-8-7-14-5-4-6-17(14)13(15)2/h3,7-9,12H,1,4-6,10-11H2,2H3. The maximum atomic E-state index is 12.1. The van der Waals surface area contributed by atoms with Gasteiger partial charge in [0.15, 0.2) is 6.39 Å². The van der Waals surface area contributed by atoms with E-state index in [1.165, 1.54) is 47.6 Å². The molecule has 1 amide bonds. The van der Waals surface area contributed by atoms with Crippen molar-refractivity contribution >= 4 is 5.91 Å². The summed E-state index contributed by atoms with van der Waals surface area (Å²) in [4.78, 5) is 17.8. The Kier molecular flexibility index (Phi) is 4.09. The normalized spacial score (nSPS) is 13.0. The fourth-order valence-corrected chi connectivity index (χ4v) is 3.13. The molecule has 2 aromatic rings. The van der Waals surface area contributed by atoms with Gasteiger partial charge in [-0.05, 0) is 54.5 Å². The van der Waals surface area contributed by atoms with E-state index in [2.05, 4.69) is 30.6 Å². The summed E-state index contributed by atoms with van der Waals surface area (Å²) < 4.78 is 5.26. The van der Waals surface area contributed by atoms with E-state index in [1.807, 2.05) is 0 Å². The number of aromatic nitrogens is 1. The quantitative estimate of drug-likeness (QED) is 0.796. The van der Waals surface area contributed by atoms with Crippen molar-refractivity contribution in [2.45, 2.75) is 39.3 Å². The van der Waals surface area contributed by atoms with Gasteiger partial charge in [0, 0.05) is 6.54 Å². The van der Waals surface area contributed by atoms with Crippen LogP contribution in [0.4, 0.5) is 0 Å². The predicted octanol–water partition coefficient (Wildman–Crippen LogP) is 3.19. The first-order valence-corrected chi connectivity index (χ1v) is 7.58. The van der Waals surface area contributed by atoms with Gasteiger partial charge in [-0.2, -0.15) is 0 Å². The largest absolute Gasteiger partial charge is 0.447 e. The average Bonchev–Trinajstić information content (AvgIpc) is 3.19. The smallest absolute Gasteiger partial charge is 0.246 e. The van der Waals surface area contributed by atoms with Crippen LogP contribution in [0.5, 0.6) is 0 Å². The zero-order valence-corrected chi connectivity index (χ0v) is 12.8. The highest BCUT2D eigenvalue weighted by atomic mass is 16.3. The van der Waals surface area contributed by atoms with Crippen molar-refractivity contribution in [3.63, 3.8) is 0 Å². The zero-order chi connectivity index (χ0) is 15.5. The molecule has 0 bridgehead atoms. The second-order valence-corrected chi connectivity index (χ2v) is 5.71. The lowest BCUT2D eigenvalue weighted by Crippen LogP contribution is -2.28. The van der Waals surface area contributed by atoms with Crippen molar-refractivity contribution in [3.8, 4) is 0 Å². The molecule has 0 fully saturated rings. The number of benzene rings is 1. The van der Waals surface area contributed by atoms with Crippen molar-refractivity contribution < 1.29 is 9.21 Å². The van der Waals surface area contributed by atoms with Crippen LogP contribution in [-0.2, 0) is 30.7 Å². The number of hydrogen-bond donors (Lipinski definition) is 0. The van der Waals surface area contributed by atoms with Gasteiger partial charge in [-0.15, -0.1) is 0 Å². The Morgan fingerprint density at radius 3 is 3.00 bits per heavy atom. The molecule has 1 aromatic carbocycles. The first-order chi connectivity index (χ1) is 10.7. The van der Waals surface area contributed by atoms with Crippen LogP contribution in [-0.4, -0.2) is 15.8 Å². The molecule has 1 aliphatic rings. The van der Waals surface area contributed by atoms with E-state index in [4.69, 9.17) is 4.42 Å². The molecule has 4 heteroatoms. The van der Waals surface area contributed by atoms with Crippen molar-refractivity contribution in [2.75, 3.05) is 0 Å². The number of aryl methyl sites for hydroxylation is 1. The first kappa shape index (κ1) is 14.6. The molecule has 0 saturated carbocycles. The minimum atomic E-state index is -0.101. The minimum Gasteiger partial charge on any atom is -0.447 e. The molecule has 3 rings (SSSR count). The molecule has 0 N–H and O–H groups in total. The number of carbonyl (C=O) groups is 1. The second-order valence-electron chi connectivity index (χ2n) is 5.71. The van der Waals surface area contributed by atoms with Gasteiger partial charge in [-0.25, -0.2) is 4.98 Å². The van der Waals surface area contributed by atoms with Crippen LogP contribution < -0.4 is 0 Å². The molecule has 1 aromatic heterocycles. The van der Waals surface area contributed by atoms with Crippen LogP contribution in [0.1, 0.15) is 34.4 Å². The Hall–Kier alpha value is -2.36. The number of hydrogen-bond acceptors (Lipinski definition) is 3. The molecule has 1 heterocycles. The molecule has 0 atom stereocenters. The molecular weight excluding hydrogens is 276 g/mol. The Morgan fingerprint density at radius 2 is 2.27 bits per heavy atom. The van der Waals surface area contributed by atoms with Gasteiger partial charge in [-0.3, -0.25) is 4.79 Å². The molecule has 4 nitrogen and oxygen atoms in total. The van der Waals surface area contributed by atoms with E-state index in [0.717, 1.165) is 6.42 Å². The van der Waals surface area contributed by atoms with Gasteiger partial charge in [0.05, 0.1) is 12.7 Å². The number of nitrogens with zero attached hydrogens (tertiary/aromatic N) is 2. The summed E-state index contributed by atoms with van der Waals surface area (Å²) in [7, 11) is 0.